The molecule has 0 atom stereocenters. The van der Waals surface area contributed by atoms with Gasteiger partial charge in [0.1, 0.15) is 0 Å². The quantitative estimate of drug-likeness (QED) is 0.644. The first kappa shape index (κ1) is 19.2. The Morgan fingerprint density at radius 3 is 2.48 bits per heavy atom. The van der Waals surface area contributed by atoms with Crippen LogP contribution in [-0.2, 0) is 19.1 Å². The molecule has 0 spiro atoms. The molecule has 0 saturated carbocycles. The van der Waals surface area contributed by atoms with Crippen LogP contribution in [0.2, 0.25) is 0 Å². The van der Waals surface area contributed by atoms with Crippen molar-refractivity contribution in [3.8, 4) is 0 Å². The molecule has 0 unspecified atom stereocenters. The Morgan fingerprint density at radius 1 is 1.28 bits per heavy atom. The Labute approximate surface area is 149 Å². The maximum absolute atomic E-state index is 12.6. The summed E-state index contributed by atoms with van der Waals surface area (Å²) in [5, 5.41) is 6.32. The van der Waals surface area contributed by atoms with Crippen LogP contribution >= 0.6 is 11.3 Å². The molecule has 8 heteroatoms. The molecule has 1 N–H and O–H groups in total. The average Bonchev–Trinajstić information content (AvgIpc) is 2.96. The summed E-state index contributed by atoms with van der Waals surface area (Å²) in [7, 11) is 3.53. The number of nitrogens with zero attached hydrogens (tertiary/aromatic N) is 3. The molecule has 2 aromatic rings. The van der Waals surface area contributed by atoms with E-state index in [0.29, 0.717) is 19.0 Å². The van der Waals surface area contributed by atoms with Gasteiger partial charge < -0.3 is 10.2 Å². The number of aliphatic imine (C=N–C) groups is 1. The Morgan fingerprint density at radius 2 is 1.96 bits per heavy atom. The number of halogens is 3. The fourth-order valence-electron chi connectivity index (χ4n) is 2.36. The first-order chi connectivity index (χ1) is 11.8. The molecule has 0 fully saturated rings. The number of nitrogens with one attached hydrogen (secondary N) is 1. The number of rotatable bonds is 5. The second-order valence-corrected chi connectivity index (χ2v) is 6.69. The topological polar surface area (TPSA) is 40.5 Å². The van der Waals surface area contributed by atoms with E-state index in [4.69, 9.17) is 0 Å². The molecule has 2 rings (SSSR count). The van der Waals surface area contributed by atoms with Gasteiger partial charge in [-0.3, -0.25) is 4.99 Å². The number of aryl methyl sites for hydroxylation is 1. The maximum atomic E-state index is 12.6. The molecule has 1 heterocycles. The SMILES string of the molecule is CN=C(NCCc1csc(C)n1)N(C)Cc1ccc(C(F)(F)F)cc1. The van der Waals surface area contributed by atoms with Crippen LogP contribution in [0.4, 0.5) is 13.2 Å². The number of benzene rings is 1. The van der Waals surface area contributed by atoms with Crippen LogP contribution < -0.4 is 5.32 Å². The lowest BCUT2D eigenvalue weighted by Crippen LogP contribution is -2.39. The molecule has 0 aliphatic carbocycles. The Bertz CT molecular complexity index is 707. The standard InChI is InChI=1S/C17H21F3N4S/c1-12-23-15(11-25-12)8-9-22-16(21-2)24(3)10-13-4-6-14(7-5-13)17(18,19)20/h4-7,11H,8-10H2,1-3H3,(H,21,22). The first-order valence-corrected chi connectivity index (χ1v) is 8.66. The fourth-order valence-corrected chi connectivity index (χ4v) is 3.01. The van der Waals surface area contributed by atoms with E-state index in [-0.39, 0.29) is 0 Å². The van der Waals surface area contributed by atoms with Gasteiger partial charge in [-0.1, -0.05) is 12.1 Å². The number of hydrogen-bond donors (Lipinski definition) is 1. The van der Waals surface area contributed by atoms with Crippen LogP contribution in [0.25, 0.3) is 0 Å². The first-order valence-electron chi connectivity index (χ1n) is 7.78. The molecular formula is C17H21F3N4S. The van der Waals surface area contributed by atoms with E-state index in [1.54, 1.807) is 18.4 Å². The monoisotopic (exact) mass is 370 g/mol. The third-order valence-electron chi connectivity index (χ3n) is 3.61. The zero-order valence-electron chi connectivity index (χ0n) is 14.4. The van der Waals surface area contributed by atoms with Crippen LogP contribution in [-0.4, -0.2) is 36.5 Å². The van der Waals surface area contributed by atoms with Crippen molar-refractivity contribution in [3.05, 3.63) is 51.5 Å². The molecule has 0 amide bonds. The van der Waals surface area contributed by atoms with Gasteiger partial charge in [0.25, 0.3) is 0 Å². The van der Waals surface area contributed by atoms with E-state index in [1.165, 1.54) is 12.1 Å². The van der Waals surface area contributed by atoms with Gasteiger partial charge in [-0.05, 0) is 24.6 Å². The molecule has 0 aliphatic rings. The van der Waals surface area contributed by atoms with Crippen LogP contribution in [0.5, 0.6) is 0 Å². The van der Waals surface area contributed by atoms with E-state index < -0.39 is 11.7 Å². The minimum atomic E-state index is -4.31. The summed E-state index contributed by atoms with van der Waals surface area (Å²) in [5.74, 6) is 0.687. The van der Waals surface area contributed by atoms with Gasteiger partial charge in [-0.2, -0.15) is 13.2 Å². The van der Waals surface area contributed by atoms with Gasteiger partial charge >= 0.3 is 6.18 Å². The summed E-state index contributed by atoms with van der Waals surface area (Å²) in [5.41, 5.74) is 1.18. The Kier molecular flexibility index (Phi) is 6.41. The second-order valence-electron chi connectivity index (χ2n) is 5.63. The molecule has 0 saturated heterocycles. The van der Waals surface area contributed by atoms with Gasteiger partial charge in [0.2, 0.25) is 0 Å². The van der Waals surface area contributed by atoms with Crippen LogP contribution in [0.1, 0.15) is 21.8 Å². The molecule has 0 radical (unpaired) electrons. The van der Waals surface area contributed by atoms with Crippen LogP contribution in [0.15, 0.2) is 34.6 Å². The second kappa shape index (κ2) is 8.33. The van der Waals surface area contributed by atoms with Crippen molar-refractivity contribution in [3.63, 3.8) is 0 Å². The van der Waals surface area contributed by atoms with E-state index in [2.05, 4.69) is 15.3 Å². The van der Waals surface area contributed by atoms with E-state index in [1.807, 2.05) is 24.3 Å². The number of alkyl halides is 3. The van der Waals surface area contributed by atoms with Crippen LogP contribution in [0.3, 0.4) is 0 Å². The average molecular weight is 370 g/mol. The van der Waals surface area contributed by atoms with Gasteiger partial charge in [-0.25, -0.2) is 4.98 Å². The fraction of sp³-hybridized carbons (Fsp3) is 0.412. The maximum Gasteiger partial charge on any atom is 0.416 e. The minimum Gasteiger partial charge on any atom is -0.356 e. The van der Waals surface area contributed by atoms with Crippen molar-refractivity contribution >= 4 is 17.3 Å². The summed E-state index contributed by atoms with van der Waals surface area (Å²) in [4.78, 5) is 10.5. The van der Waals surface area contributed by atoms with E-state index in [9.17, 15) is 13.2 Å². The third kappa shape index (κ3) is 5.74. The number of hydrogen-bond acceptors (Lipinski definition) is 3. The highest BCUT2D eigenvalue weighted by molar-refractivity contribution is 7.09. The molecule has 4 nitrogen and oxygen atoms in total. The van der Waals surface area contributed by atoms with Crippen molar-refractivity contribution < 1.29 is 13.2 Å². The lowest BCUT2D eigenvalue weighted by molar-refractivity contribution is -0.137. The number of aromatic nitrogens is 1. The molecule has 0 aliphatic heterocycles. The Hall–Kier alpha value is -2.09. The summed E-state index contributed by atoms with van der Waals surface area (Å²) >= 11 is 1.62. The summed E-state index contributed by atoms with van der Waals surface area (Å²) in [6.07, 6.45) is -3.52. The van der Waals surface area contributed by atoms with Crippen molar-refractivity contribution in [1.82, 2.24) is 15.2 Å². The van der Waals surface area contributed by atoms with E-state index >= 15 is 0 Å². The zero-order chi connectivity index (χ0) is 18.4. The van der Waals surface area contributed by atoms with Crippen molar-refractivity contribution in [2.45, 2.75) is 26.1 Å². The van der Waals surface area contributed by atoms with Gasteiger partial charge in [-0.15, -0.1) is 11.3 Å². The van der Waals surface area contributed by atoms with Crippen molar-refractivity contribution in [2.24, 2.45) is 4.99 Å². The minimum absolute atomic E-state index is 0.466. The molecule has 1 aromatic heterocycles. The molecule has 1 aromatic carbocycles. The summed E-state index contributed by atoms with van der Waals surface area (Å²) in [6.45, 7) is 3.12. The van der Waals surface area contributed by atoms with Crippen molar-refractivity contribution in [1.29, 1.82) is 0 Å². The molecule has 25 heavy (non-hydrogen) atoms. The normalized spacial score (nSPS) is 12.3. The Balaban J connectivity index is 1.88. The zero-order valence-corrected chi connectivity index (χ0v) is 15.2. The third-order valence-corrected chi connectivity index (χ3v) is 4.43. The number of guanidine groups is 1. The summed E-state index contributed by atoms with van der Waals surface area (Å²) < 4.78 is 37.8. The number of thiazole rings is 1. The predicted octanol–water partition coefficient (Wildman–Crippen LogP) is 3.72. The lowest BCUT2D eigenvalue weighted by Gasteiger charge is -2.22. The molecular weight excluding hydrogens is 349 g/mol. The predicted molar refractivity (Wildman–Crippen MR) is 94.8 cm³/mol. The molecule has 136 valence electrons. The highest BCUT2D eigenvalue weighted by Gasteiger charge is 2.29. The largest absolute Gasteiger partial charge is 0.416 e. The summed E-state index contributed by atoms with van der Waals surface area (Å²) in [6, 6.07) is 5.18. The van der Waals surface area contributed by atoms with Gasteiger partial charge in [0.15, 0.2) is 5.96 Å². The lowest BCUT2D eigenvalue weighted by atomic mass is 10.1. The highest BCUT2D eigenvalue weighted by Crippen LogP contribution is 2.29. The van der Waals surface area contributed by atoms with Gasteiger partial charge in [0, 0.05) is 39.0 Å². The van der Waals surface area contributed by atoms with Gasteiger partial charge in [0.05, 0.1) is 16.3 Å². The smallest absolute Gasteiger partial charge is 0.356 e. The highest BCUT2D eigenvalue weighted by atomic mass is 32.1. The van der Waals surface area contributed by atoms with E-state index in [0.717, 1.165) is 34.8 Å². The van der Waals surface area contributed by atoms with Crippen molar-refractivity contribution in [2.75, 3.05) is 20.6 Å². The van der Waals surface area contributed by atoms with Crippen LogP contribution in [0, 0.1) is 6.92 Å². The molecule has 0 bridgehead atoms.